The highest BCUT2D eigenvalue weighted by molar-refractivity contribution is 5.98. The number of nitrogens with zero attached hydrogens (tertiary/aromatic N) is 4. The summed E-state index contributed by atoms with van der Waals surface area (Å²) in [5.74, 6) is -9.29. The SMILES string of the molecule is Nc1ncnc2c1c(-c1ccc(Oc3c(F)c(F)cc(F)c3F)cc1F)nn2[C@H]1CC[C@H](N)C1. The van der Waals surface area contributed by atoms with Gasteiger partial charge < -0.3 is 16.2 Å². The molecule has 34 heavy (non-hydrogen) atoms. The first-order valence-electron chi connectivity index (χ1n) is 10.3. The van der Waals surface area contributed by atoms with Gasteiger partial charge in [-0.2, -0.15) is 13.9 Å². The van der Waals surface area contributed by atoms with Gasteiger partial charge in [0, 0.05) is 23.7 Å². The Morgan fingerprint density at radius 1 is 0.941 bits per heavy atom. The molecule has 0 unspecified atom stereocenters. The number of fused-ring (bicyclic) bond motifs is 1. The average Bonchev–Trinajstić information content (AvgIpc) is 3.40. The summed E-state index contributed by atoms with van der Waals surface area (Å²) in [5, 5.41) is 4.87. The van der Waals surface area contributed by atoms with Crippen molar-refractivity contribution in [3.63, 3.8) is 0 Å². The molecule has 0 bridgehead atoms. The number of aromatic nitrogens is 4. The molecule has 1 fully saturated rings. The first-order chi connectivity index (χ1) is 16.2. The lowest BCUT2D eigenvalue weighted by molar-refractivity contribution is 0.365. The second-order valence-electron chi connectivity index (χ2n) is 8.02. The third kappa shape index (κ3) is 3.59. The molecule has 12 heteroatoms. The summed E-state index contributed by atoms with van der Waals surface area (Å²) in [5.41, 5.74) is 12.6. The number of hydrogen-bond acceptors (Lipinski definition) is 6. The lowest BCUT2D eigenvalue weighted by Gasteiger charge is -2.11. The number of halogens is 5. The molecule has 2 atom stereocenters. The van der Waals surface area contributed by atoms with Crippen LogP contribution in [0.4, 0.5) is 27.8 Å². The van der Waals surface area contributed by atoms with Crippen LogP contribution in [0.1, 0.15) is 25.3 Å². The van der Waals surface area contributed by atoms with Crippen LogP contribution in [0, 0.1) is 29.1 Å². The summed E-state index contributed by atoms with van der Waals surface area (Å²) in [7, 11) is 0. The van der Waals surface area contributed by atoms with E-state index < -0.39 is 40.6 Å². The van der Waals surface area contributed by atoms with E-state index >= 15 is 4.39 Å². The normalized spacial score (nSPS) is 18.1. The monoisotopic (exact) mass is 476 g/mol. The van der Waals surface area contributed by atoms with Crippen molar-refractivity contribution in [2.24, 2.45) is 5.73 Å². The lowest BCUT2D eigenvalue weighted by Crippen LogP contribution is -2.16. The predicted molar refractivity (Wildman–Crippen MR) is 112 cm³/mol. The molecule has 2 heterocycles. The smallest absolute Gasteiger partial charge is 0.204 e. The van der Waals surface area contributed by atoms with E-state index in [1.807, 2.05) is 0 Å². The van der Waals surface area contributed by atoms with Crippen LogP contribution < -0.4 is 16.2 Å². The van der Waals surface area contributed by atoms with E-state index in [0.717, 1.165) is 18.9 Å². The zero-order chi connectivity index (χ0) is 24.1. The molecule has 7 nitrogen and oxygen atoms in total. The van der Waals surface area contributed by atoms with Crippen LogP contribution >= 0.6 is 0 Å². The van der Waals surface area contributed by atoms with Crippen molar-refractivity contribution in [1.29, 1.82) is 0 Å². The van der Waals surface area contributed by atoms with Crippen molar-refractivity contribution in [1.82, 2.24) is 19.7 Å². The summed E-state index contributed by atoms with van der Waals surface area (Å²) in [6, 6.07) is 3.24. The number of nitrogen functional groups attached to an aromatic ring is 1. The molecular formula is C22H17F5N6O. The number of anilines is 1. The van der Waals surface area contributed by atoms with E-state index in [1.54, 1.807) is 4.68 Å². The Kier molecular flexibility index (Phi) is 5.31. The summed E-state index contributed by atoms with van der Waals surface area (Å²) < 4.78 is 76.5. The maximum atomic E-state index is 15.1. The van der Waals surface area contributed by atoms with Gasteiger partial charge >= 0.3 is 0 Å². The van der Waals surface area contributed by atoms with Gasteiger partial charge in [-0.1, -0.05) is 0 Å². The van der Waals surface area contributed by atoms with Crippen molar-refractivity contribution in [3.05, 3.63) is 59.7 Å². The molecule has 2 aromatic heterocycles. The van der Waals surface area contributed by atoms with Gasteiger partial charge in [0.2, 0.25) is 17.4 Å². The van der Waals surface area contributed by atoms with Crippen molar-refractivity contribution in [3.8, 4) is 22.8 Å². The van der Waals surface area contributed by atoms with Crippen LogP contribution in [0.5, 0.6) is 11.5 Å². The molecule has 1 aliphatic carbocycles. The topological polar surface area (TPSA) is 105 Å². The Bertz CT molecular complexity index is 1400. The fraction of sp³-hybridized carbons (Fsp3) is 0.227. The first kappa shape index (κ1) is 22.0. The third-order valence-electron chi connectivity index (χ3n) is 5.80. The van der Waals surface area contributed by atoms with E-state index in [0.29, 0.717) is 17.5 Å². The number of nitrogens with two attached hydrogens (primary N) is 2. The predicted octanol–water partition coefficient (Wildman–Crippen LogP) is 4.62. The Morgan fingerprint density at radius 3 is 2.32 bits per heavy atom. The Morgan fingerprint density at radius 2 is 1.68 bits per heavy atom. The summed E-state index contributed by atoms with van der Waals surface area (Å²) in [6.07, 6.45) is 3.51. The van der Waals surface area contributed by atoms with Gasteiger partial charge in [0.05, 0.1) is 11.4 Å². The number of ether oxygens (including phenoxy) is 1. The van der Waals surface area contributed by atoms with Crippen molar-refractivity contribution >= 4 is 16.9 Å². The Hall–Kier alpha value is -3.80. The van der Waals surface area contributed by atoms with Gasteiger partial charge in [0.25, 0.3) is 0 Å². The molecule has 4 N–H and O–H groups in total. The van der Waals surface area contributed by atoms with Crippen LogP contribution in [0.2, 0.25) is 0 Å². The Labute approximate surface area is 189 Å². The second kappa shape index (κ2) is 8.20. The van der Waals surface area contributed by atoms with Gasteiger partial charge in [0.15, 0.2) is 17.3 Å². The molecule has 0 spiro atoms. The van der Waals surface area contributed by atoms with Gasteiger partial charge in [-0.3, -0.25) is 0 Å². The third-order valence-corrected chi connectivity index (χ3v) is 5.80. The molecule has 5 rings (SSSR count). The molecule has 0 radical (unpaired) electrons. The number of hydrogen-bond donors (Lipinski definition) is 2. The fourth-order valence-corrected chi connectivity index (χ4v) is 4.16. The van der Waals surface area contributed by atoms with Crippen LogP contribution in [-0.2, 0) is 0 Å². The van der Waals surface area contributed by atoms with Gasteiger partial charge in [0.1, 0.15) is 29.4 Å². The summed E-state index contributed by atoms with van der Waals surface area (Å²) >= 11 is 0. The highest BCUT2D eigenvalue weighted by Crippen LogP contribution is 2.38. The maximum Gasteiger partial charge on any atom is 0.204 e. The highest BCUT2D eigenvalue weighted by Gasteiger charge is 2.29. The highest BCUT2D eigenvalue weighted by atomic mass is 19.2. The maximum absolute atomic E-state index is 15.1. The zero-order valence-electron chi connectivity index (χ0n) is 17.4. The first-order valence-corrected chi connectivity index (χ1v) is 10.3. The van der Waals surface area contributed by atoms with Gasteiger partial charge in [-0.15, -0.1) is 0 Å². The minimum atomic E-state index is -1.74. The average molecular weight is 476 g/mol. The van der Waals surface area contributed by atoms with Gasteiger partial charge in [-0.25, -0.2) is 27.8 Å². The summed E-state index contributed by atoms with van der Waals surface area (Å²) in [6.45, 7) is 0. The Balaban J connectivity index is 1.57. The molecule has 0 amide bonds. The lowest BCUT2D eigenvalue weighted by atomic mass is 10.1. The summed E-state index contributed by atoms with van der Waals surface area (Å²) in [4.78, 5) is 8.24. The number of benzene rings is 2. The van der Waals surface area contributed by atoms with E-state index in [4.69, 9.17) is 16.2 Å². The second-order valence-corrected chi connectivity index (χ2v) is 8.02. The van der Waals surface area contributed by atoms with E-state index in [9.17, 15) is 17.6 Å². The zero-order valence-corrected chi connectivity index (χ0v) is 17.4. The van der Waals surface area contributed by atoms with Crippen LogP contribution in [0.3, 0.4) is 0 Å². The molecule has 4 aromatic rings. The van der Waals surface area contributed by atoms with Gasteiger partial charge in [-0.05, 0) is 31.4 Å². The van der Waals surface area contributed by atoms with Crippen molar-refractivity contribution in [2.75, 3.05) is 5.73 Å². The standard InChI is InChI=1S/C22H17F5N6O/c23-13-6-11(34-20-17(26)14(24)7-15(25)18(20)27)3-4-12(13)19-16-21(29)30-8-31-22(16)33(32-19)10-2-1-9(28)5-10/h3-4,6-10H,1-2,5,28H2,(H2,29,30,31)/t9-,10-/m0/s1. The molecule has 1 saturated carbocycles. The van der Waals surface area contributed by atoms with E-state index in [-0.39, 0.29) is 35.2 Å². The largest absolute Gasteiger partial charge is 0.451 e. The van der Waals surface area contributed by atoms with Crippen molar-refractivity contribution < 1.29 is 26.7 Å². The number of rotatable bonds is 4. The molecule has 176 valence electrons. The van der Waals surface area contributed by atoms with E-state index in [1.165, 1.54) is 18.5 Å². The van der Waals surface area contributed by atoms with E-state index in [2.05, 4.69) is 15.1 Å². The molecule has 0 aliphatic heterocycles. The minimum Gasteiger partial charge on any atom is -0.451 e. The fourth-order valence-electron chi connectivity index (χ4n) is 4.16. The van der Waals surface area contributed by atoms with Crippen LogP contribution in [-0.4, -0.2) is 25.8 Å². The van der Waals surface area contributed by atoms with Crippen molar-refractivity contribution in [2.45, 2.75) is 31.3 Å². The molecule has 0 saturated heterocycles. The quantitative estimate of drug-likeness (QED) is 0.329. The molecular weight excluding hydrogens is 459 g/mol. The molecule has 2 aromatic carbocycles. The van der Waals surface area contributed by atoms with Crippen LogP contribution in [0.15, 0.2) is 30.6 Å². The molecule has 1 aliphatic rings. The van der Waals surface area contributed by atoms with Crippen LogP contribution in [0.25, 0.3) is 22.3 Å². The minimum absolute atomic E-state index is 0.00787.